The van der Waals surface area contributed by atoms with Crippen LogP contribution in [0.2, 0.25) is 0 Å². The SMILES string of the molecule is COC(=O)COc1nc(-c2ccc(O)cc2)n(C)n1. The molecule has 0 unspecified atom stereocenters. The minimum atomic E-state index is -0.501. The third-order valence-corrected chi connectivity index (χ3v) is 2.42. The molecule has 0 atom stereocenters. The molecule has 0 aliphatic carbocycles. The highest BCUT2D eigenvalue weighted by Crippen LogP contribution is 2.21. The average Bonchev–Trinajstić information content (AvgIpc) is 2.78. The third-order valence-electron chi connectivity index (χ3n) is 2.42. The predicted molar refractivity (Wildman–Crippen MR) is 65.6 cm³/mol. The number of benzene rings is 1. The lowest BCUT2D eigenvalue weighted by Gasteiger charge is -1.99. The summed E-state index contributed by atoms with van der Waals surface area (Å²) in [5, 5.41) is 13.3. The monoisotopic (exact) mass is 263 g/mol. The number of phenols is 1. The van der Waals surface area contributed by atoms with E-state index >= 15 is 0 Å². The van der Waals surface area contributed by atoms with Crippen molar-refractivity contribution in [1.29, 1.82) is 0 Å². The molecule has 0 aliphatic rings. The van der Waals surface area contributed by atoms with Crippen LogP contribution in [-0.4, -0.2) is 39.6 Å². The van der Waals surface area contributed by atoms with Gasteiger partial charge in [-0.1, -0.05) is 0 Å². The highest BCUT2D eigenvalue weighted by Gasteiger charge is 2.12. The topological polar surface area (TPSA) is 86.5 Å². The van der Waals surface area contributed by atoms with E-state index in [-0.39, 0.29) is 18.4 Å². The van der Waals surface area contributed by atoms with E-state index in [1.165, 1.54) is 11.8 Å². The van der Waals surface area contributed by atoms with Gasteiger partial charge in [0.05, 0.1) is 7.11 Å². The molecule has 0 bridgehead atoms. The molecule has 1 aromatic carbocycles. The first-order chi connectivity index (χ1) is 9.10. The van der Waals surface area contributed by atoms with Crippen LogP contribution in [0, 0.1) is 0 Å². The van der Waals surface area contributed by atoms with E-state index in [9.17, 15) is 9.90 Å². The summed E-state index contributed by atoms with van der Waals surface area (Å²) in [5.74, 6) is 0.242. The van der Waals surface area contributed by atoms with Crippen LogP contribution >= 0.6 is 0 Å². The van der Waals surface area contributed by atoms with Gasteiger partial charge in [-0.05, 0) is 24.3 Å². The van der Waals surface area contributed by atoms with Crippen molar-refractivity contribution in [3.63, 3.8) is 0 Å². The summed E-state index contributed by atoms with van der Waals surface area (Å²) < 4.78 is 11.1. The van der Waals surface area contributed by atoms with Gasteiger partial charge in [0.15, 0.2) is 12.4 Å². The molecule has 7 heteroatoms. The molecule has 2 aromatic rings. The van der Waals surface area contributed by atoms with Crippen molar-refractivity contribution in [3.05, 3.63) is 24.3 Å². The molecule has 2 rings (SSSR count). The molecule has 1 N–H and O–H groups in total. The normalized spacial score (nSPS) is 10.2. The lowest BCUT2D eigenvalue weighted by molar-refractivity contribution is -0.143. The van der Waals surface area contributed by atoms with Gasteiger partial charge in [-0.3, -0.25) is 0 Å². The van der Waals surface area contributed by atoms with Crippen molar-refractivity contribution in [2.24, 2.45) is 7.05 Å². The van der Waals surface area contributed by atoms with Crippen LogP contribution in [0.1, 0.15) is 0 Å². The predicted octanol–water partition coefficient (Wildman–Crippen LogP) is 0.739. The standard InChI is InChI=1S/C12H13N3O4/c1-15-11(8-3-5-9(16)6-4-8)13-12(14-15)19-7-10(17)18-2/h3-6,16H,7H2,1-2H3. The zero-order chi connectivity index (χ0) is 13.8. The zero-order valence-electron chi connectivity index (χ0n) is 10.5. The fourth-order valence-corrected chi connectivity index (χ4v) is 1.47. The molecule has 0 spiro atoms. The van der Waals surface area contributed by atoms with Crippen molar-refractivity contribution in [3.8, 4) is 23.1 Å². The quantitative estimate of drug-likeness (QED) is 0.819. The van der Waals surface area contributed by atoms with Gasteiger partial charge in [-0.25, -0.2) is 9.48 Å². The molecule has 0 fully saturated rings. The number of methoxy groups -OCH3 is 1. The Kier molecular flexibility index (Phi) is 3.65. The zero-order valence-corrected chi connectivity index (χ0v) is 10.5. The summed E-state index contributed by atoms with van der Waals surface area (Å²) >= 11 is 0. The van der Waals surface area contributed by atoms with Crippen LogP contribution in [0.15, 0.2) is 24.3 Å². The van der Waals surface area contributed by atoms with Gasteiger partial charge in [-0.15, -0.1) is 5.10 Å². The first kappa shape index (κ1) is 12.9. The average molecular weight is 263 g/mol. The number of aryl methyl sites for hydroxylation is 1. The second-order valence-corrected chi connectivity index (χ2v) is 3.75. The summed E-state index contributed by atoms with van der Waals surface area (Å²) in [6.45, 7) is -0.241. The molecule has 7 nitrogen and oxygen atoms in total. The number of rotatable bonds is 4. The Hall–Kier alpha value is -2.57. The Morgan fingerprint density at radius 1 is 1.37 bits per heavy atom. The van der Waals surface area contributed by atoms with Gasteiger partial charge in [0.25, 0.3) is 0 Å². The number of carbonyl (C=O) groups is 1. The van der Waals surface area contributed by atoms with Crippen LogP contribution in [0.5, 0.6) is 11.8 Å². The maximum Gasteiger partial charge on any atom is 0.344 e. The lowest BCUT2D eigenvalue weighted by Crippen LogP contribution is -2.13. The first-order valence-electron chi connectivity index (χ1n) is 5.50. The first-order valence-corrected chi connectivity index (χ1v) is 5.50. The van der Waals surface area contributed by atoms with E-state index in [4.69, 9.17) is 4.74 Å². The largest absolute Gasteiger partial charge is 0.508 e. The fourth-order valence-electron chi connectivity index (χ4n) is 1.47. The molecule has 0 saturated heterocycles. The highest BCUT2D eigenvalue weighted by molar-refractivity contribution is 5.70. The van der Waals surface area contributed by atoms with Crippen molar-refractivity contribution in [1.82, 2.24) is 14.8 Å². The van der Waals surface area contributed by atoms with Gasteiger partial charge in [0.2, 0.25) is 0 Å². The van der Waals surface area contributed by atoms with Crippen LogP contribution in [0.3, 0.4) is 0 Å². The van der Waals surface area contributed by atoms with E-state index < -0.39 is 5.97 Å². The lowest BCUT2D eigenvalue weighted by atomic mass is 10.2. The number of esters is 1. The van der Waals surface area contributed by atoms with E-state index in [0.29, 0.717) is 5.82 Å². The van der Waals surface area contributed by atoms with E-state index in [1.807, 2.05) is 0 Å². The summed E-state index contributed by atoms with van der Waals surface area (Å²) in [7, 11) is 2.99. The molecular weight excluding hydrogens is 250 g/mol. The van der Waals surface area contributed by atoms with Gasteiger partial charge in [0.1, 0.15) is 5.75 Å². The maximum atomic E-state index is 10.9. The molecule has 0 radical (unpaired) electrons. The highest BCUT2D eigenvalue weighted by atomic mass is 16.6. The second kappa shape index (κ2) is 5.38. The minimum absolute atomic E-state index is 0.0935. The molecule has 19 heavy (non-hydrogen) atoms. The van der Waals surface area contributed by atoms with Crippen molar-refractivity contribution in [2.75, 3.05) is 13.7 Å². The number of phenolic OH excluding ortho intramolecular Hbond substituents is 1. The number of hydrogen-bond donors (Lipinski definition) is 1. The number of aromatic hydroxyl groups is 1. The number of nitrogens with zero attached hydrogens (tertiary/aromatic N) is 3. The third kappa shape index (κ3) is 3.01. The number of carbonyl (C=O) groups excluding carboxylic acids is 1. The van der Waals surface area contributed by atoms with E-state index in [0.717, 1.165) is 5.56 Å². The van der Waals surface area contributed by atoms with E-state index in [2.05, 4.69) is 14.8 Å². The van der Waals surface area contributed by atoms with E-state index in [1.54, 1.807) is 31.3 Å². The summed E-state index contributed by atoms with van der Waals surface area (Å²) in [4.78, 5) is 15.1. The van der Waals surface area contributed by atoms with Crippen molar-refractivity contribution in [2.45, 2.75) is 0 Å². The molecule has 100 valence electrons. The van der Waals surface area contributed by atoms with Crippen LogP contribution in [0.25, 0.3) is 11.4 Å². The summed E-state index contributed by atoms with van der Waals surface area (Å²) in [5.41, 5.74) is 0.778. The Bertz CT molecular complexity index is 577. The van der Waals surface area contributed by atoms with Crippen molar-refractivity contribution >= 4 is 5.97 Å². The van der Waals surface area contributed by atoms with Crippen LogP contribution in [-0.2, 0) is 16.6 Å². The van der Waals surface area contributed by atoms with Gasteiger partial charge >= 0.3 is 12.0 Å². The molecule has 0 amide bonds. The summed E-state index contributed by atoms with van der Waals surface area (Å²) in [6.07, 6.45) is 0. The van der Waals surface area contributed by atoms with Crippen LogP contribution in [0.4, 0.5) is 0 Å². The Morgan fingerprint density at radius 2 is 2.05 bits per heavy atom. The number of aromatic nitrogens is 3. The Labute approximate surface area is 109 Å². The maximum absolute atomic E-state index is 10.9. The number of ether oxygens (including phenoxy) is 2. The molecule has 1 heterocycles. The minimum Gasteiger partial charge on any atom is -0.508 e. The van der Waals surface area contributed by atoms with Gasteiger partial charge in [0, 0.05) is 12.6 Å². The molecule has 0 aliphatic heterocycles. The molecule has 0 saturated carbocycles. The summed E-state index contributed by atoms with van der Waals surface area (Å²) in [6, 6.07) is 6.63. The fraction of sp³-hybridized carbons (Fsp3) is 0.250. The second-order valence-electron chi connectivity index (χ2n) is 3.75. The Balaban J connectivity index is 2.16. The Morgan fingerprint density at radius 3 is 2.68 bits per heavy atom. The number of hydrogen-bond acceptors (Lipinski definition) is 6. The smallest absolute Gasteiger partial charge is 0.344 e. The van der Waals surface area contributed by atoms with Gasteiger partial charge in [-0.2, -0.15) is 4.98 Å². The molecule has 1 aromatic heterocycles. The van der Waals surface area contributed by atoms with Crippen molar-refractivity contribution < 1.29 is 19.4 Å². The van der Waals surface area contributed by atoms with Crippen LogP contribution < -0.4 is 4.74 Å². The van der Waals surface area contributed by atoms with Gasteiger partial charge < -0.3 is 14.6 Å². The molecular formula is C12H13N3O4.